The summed E-state index contributed by atoms with van der Waals surface area (Å²) in [4.78, 5) is 30.5. The number of amides is 1. The van der Waals surface area contributed by atoms with Gasteiger partial charge in [0.1, 0.15) is 5.69 Å². The molecule has 0 aliphatic carbocycles. The van der Waals surface area contributed by atoms with Crippen molar-refractivity contribution in [1.29, 1.82) is 0 Å². The Kier molecular flexibility index (Phi) is 14.4. The molecule has 1 atom stereocenters. The summed E-state index contributed by atoms with van der Waals surface area (Å²) in [5.41, 5.74) is 0.653. The Hall–Kier alpha value is -5.13. The van der Waals surface area contributed by atoms with Crippen molar-refractivity contribution in [2.45, 2.75) is 35.0 Å². The van der Waals surface area contributed by atoms with Crippen molar-refractivity contribution < 1.29 is 31.3 Å². The number of sulfonamides is 1. The molecule has 1 aliphatic rings. The van der Waals surface area contributed by atoms with Crippen LogP contribution in [-0.2, 0) is 22.7 Å². The Morgan fingerprint density at radius 2 is 1.57 bits per heavy atom. The minimum Gasteiger partial charge on any atom is -0.375 e. The fraction of sp³-hybridized carbons (Fsp3) is 0.279. The number of thioether (sulfide) groups is 1. The van der Waals surface area contributed by atoms with Crippen LogP contribution < -0.4 is 14.9 Å². The molecule has 11 nitrogen and oxygen atoms in total. The van der Waals surface area contributed by atoms with Crippen molar-refractivity contribution in [3.05, 3.63) is 147 Å². The van der Waals surface area contributed by atoms with Gasteiger partial charge in [0.25, 0.3) is 21.6 Å². The molecular formula is C43H44ClF3N6O5S2. The molecule has 17 heteroatoms. The third-order valence-electron chi connectivity index (χ3n) is 10.0. The highest BCUT2D eigenvalue weighted by Crippen LogP contribution is 2.42. The number of benzene rings is 5. The number of nitrogens with zero attached hydrogens (tertiary/aromatic N) is 4. The molecule has 0 bridgehead atoms. The van der Waals surface area contributed by atoms with Gasteiger partial charge in [0.15, 0.2) is 0 Å². The molecular weight excluding hydrogens is 837 g/mol. The van der Waals surface area contributed by atoms with E-state index in [1.807, 2.05) is 71.6 Å². The lowest BCUT2D eigenvalue weighted by Crippen LogP contribution is -2.46. The maximum absolute atomic E-state index is 14.6. The van der Waals surface area contributed by atoms with Gasteiger partial charge in [0.2, 0.25) is 0 Å². The summed E-state index contributed by atoms with van der Waals surface area (Å²) in [5.74, 6) is -0.844. The van der Waals surface area contributed by atoms with Crippen LogP contribution in [0.2, 0.25) is 5.02 Å². The van der Waals surface area contributed by atoms with Crippen molar-refractivity contribution >= 4 is 56.4 Å². The molecule has 5 aromatic rings. The standard InChI is InChI=1S/C43H44ClF3N6O5S2/c1-50(2)21-20-34(29-59-36-9-4-3-5-10-36)48-41-39(43(45,46)47)26-37(27-40(41)53(55)56)60(57,58)49-42(54)31-14-18-35(19-15-31)52-24-22-51(23-25-52)28-32-8-6-7-11-38(32)30-12-16-33(44)17-13-30/h3-19,26-27,34,48H,20-25,28-29H2,1-2H3,(H,49,54)/t34-/m1/s1. The molecule has 1 aliphatic heterocycles. The summed E-state index contributed by atoms with van der Waals surface area (Å²) in [6.07, 6.45) is -4.86. The predicted molar refractivity (Wildman–Crippen MR) is 231 cm³/mol. The van der Waals surface area contributed by atoms with E-state index in [9.17, 15) is 36.5 Å². The van der Waals surface area contributed by atoms with Crippen molar-refractivity contribution in [3.8, 4) is 11.1 Å². The number of hydrogen-bond acceptors (Lipinski definition) is 10. The van der Waals surface area contributed by atoms with E-state index >= 15 is 0 Å². The van der Waals surface area contributed by atoms with E-state index < -0.39 is 54.9 Å². The number of nitrogens with one attached hydrogen (secondary N) is 2. The van der Waals surface area contributed by atoms with Gasteiger partial charge in [-0.15, -0.1) is 11.8 Å². The Bertz CT molecular complexity index is 2380. The highest BCUT2D eigenvalue weighted by atomic mass is 35.5. The fourth-order valence-electron chi connectivity index (χ4n) is 6.84. The first kappa shape index (κ1) is 44.4. The van der Waals surface area contributed by atoms with Crippen molar-refractivity contribution in [3.63, 3.8) is 0 Å². The molecule has 1 heterocycles. The van der Waals surface area contributed by atoms with Crippen LogP contribution in [0.4, 0.5) is 30.2 Å². The lowest BCUT2D eigenvalue weighted by molar-refractivity contribution is -0.384. The number of halogens is 4. The molecule has 0 spiro atoms. The second-order valence-corrected chi connectivity index (χ2v) is 17.8. The van der Waals surface area contributed by atoms with Crippen LogP contribution in [0.1, 0.15) is 27.9 Å². The lowest BCUT2D eigenvalue weighted by atomic mass is 9.99. The molecule has 0 saturated carbocycles. The minimum absolute atomic E-state index is 0.0664. The molecule has 1 amide bonds. The number of carbonyl (C=O) groups excluding carboxylic acids is 1. The van der Waals surface area contributed by atoms with Crippen LogP contribution in [0.25, 0.3) is 11.1 Å². The molecule has 0 unspecified atom stereocenters. The summed E-state index contributed by atoms with van der Waals surface area (Å²) in [6, 6.07) is 31.5. The summed E-state index contributed by atoms with van der Waals surface area (Å²) < 4.78 is 72.6. The monoisotopic (exact) mass is 880 g/mol. The molecule has 60 heavy (non-hydrogen) atoms. The van der Waals surface area contributed by atoms with Gasteiger partial charge in [-0.1, -0.05) is 66.2 Å². The average molecular weight is 881 g/mol. The number of hydrogen-bond donors (Lipinski definition) is 2. The van der Waals surface area contributed by atoms with E-state index in [4.69, 9.17) is 11.6 Å². The fourth-order valence-corrected chi connectivity index (χ4v) is 8.98. The van der Waals surface area contributed by atoms with Gasteiger partial charge in [-0.05, 0) is 98.3 Å². The number of anilines is 2. The maximum Gasteiger partial charge on any atom is 0.418 e. The summed E-state index contributed by atoms with van der Waals surface area (Å²) >= 11 is 7.47. The molecule has 6 rings (SSSR count). The predicted octanol–water partition coefficient (Wildman–Crippen LogP) is 8.90. The number of nitro groups is 1. The Labute approximate surface area is 356 Å². The molecule has 0 aromatic heterocycles. The van der Waals surface area contributed by atoms with E-state index in [1.54, 1.807) is 31.0 Å². The molecule has 1 saturated heterocycles. The quantitative estimate of drug-likeness (QED) is 0.0564. The van der Waals surface area contributed by atoms with Crippen molar-refractivity contribution in [2.75, 3.05) is 62.8 Å². The Morgan fingerprint density at radius 1 is 0.917 bits per heavy atom. The largest absolute Gasteiger partial charge is 0.418 e. The van der Waals surface area contributed by atoms with Gasteiger partial charge in [-0.2, -0.15) is 13.2 Å². The number of nitro benzene ring substituents is 1. The van der Waals surface area contributed by atoms with Gasteiger partial charge in [-0.3, -0.25) is 19.8 Å². The summed E-state index contributed by atoms with van der Waals surface area (Å²) in [5, 5.41) is 15.7. The number of carbonyl (C=O) groups is 1. The smallest absolute Gasteiger partial charge is 0.375 e. The van der Waals surface area contributed by atoms with Crippen molar-refractivity contribution in [2.24, 2.45) is 0 Å². The van der Waals surface area contributed by atoms with Crippen molar-refractivity contribution in [1.82, 2.24) is 14.5 Å². The summed E-state index contributed by atoms with van der Waals surface area (Å²) in [6.45, 7) is 4.11. The second kappa shape index (κ2) is 19.5. The first-order valence-electron chi connectivity index (χ1n) is 19.0. The lowest BCUT2D eigenvalue weighted by Gasteiger charge is -2.36. The van der Waals surface area contributed by atoms with Crippen LogP contribution in [0.3, 0.4) is 0 Å². The van der Waals surface area contributed by atoms with Crippen LogP contribution in [-0.4, -0.2) is 87.7 Å². The highest BCUT2D eigenvalue weighted by molar-refractivity contribution is 7.99. The number of rotatable bonds is 16. The van der Waals surface area contributed by atoms with E-state index in [2.05, 4.69) is 27.2 Å². The molecule has 316 valence electrons. The molecule has 2 N–H and O–H groups in total. The normalized spacial score (nSPS) is 14.2. The zero-order valence-corrected chi connectivity index (χ0v) is 35.3. The minimum atomic E-state index is -5.19. The van der Waals surface area contributed by atoms with Gasteiger partial charge >= 0.3 is 6.18 Å². The maximum atomic E-state index is 14.6. The summed E-state index contributed by atoms with van der Waals surface area (Å²) in [7, 11) is -1.42. The second-order valence-electron chi connectivity index (χ2n) is 14.6. The SMILES string of the molecule is CN(C)CC[C@H](CSc1ccccc1)Nc1c([N+](=O)[O-])cc(S(=O)(=O)NC(=O)c2ccc(N3CCN(Cc4ccccc4-c4ccc(Cl)cc4)CC3)cc2)cc1C(F)(F)F. The van der Waals surface area contributed by atoms with E-state index in [0.717, 1.165) is 41.3 Å². The van der Waals surface area contributed by atoms with Crippen LogP contribution in [0.15, 0.2) is 125 Å². The molecule has 5 aromatic carbocycles. The first-order chi connectivity index (χ1) is 28.6. The van der Waals surface area contributed by atoms with E-state index in [0.29, 0.717) is 43.2 Å². The zero-order chi connectivity index (χ0) is 43.0. The van der Waals surface area contributed by atoms with E-state index in [1.165, 1.54) is 29.5 Å². The van der Waals surface area contributed by atoms with Crippen LogP contribution in [0, 0.1) is 10.1 Å². The number of piperazine rings is 1. The third kappa shape index (κ3) is 11.6. The Morgan fingerprint density at radius 3 is 2.20 bits per heavy atom. The van der Waals surface area contributed by atoms with Gasteiger partial charge in [-0.25, -0.2) is 13.1 Å². The van der Waals surface area contributed by atoms with Gasteiger partial charge in [0, 0.05) is 71.8 Å². The average Bonchev–Trinajstić information content (AvgIpc) is 3.22. The van der Waals surface area contributed by atoms with E-state index in [-0.39, 0.29) is 11.3 Å². The Balaban J connectivity index is 1.13. The zero-order valence-electron chi connectivity index (χ0n) is 32.9. The number of alkyl halides is 3. The first-order valence-corrected chi connectivity index (χ1v) is 21.9. The molecule has 1 fully saturated rings. The third-order valence-corrected chi connectivity index (χ3v) is 12.8. The van der Waals surface area contributed by atoms with Gasteiger partial charge < -0.3 is 15.1 Å². The van der Waals surface area contributed by atoms with Gasteiger partial charge in [0.05, 0.1) is 15.4 Å². The van der Waals surface area contributed by atoms with Crippen LogP contribution >= 0.6 is 23.4 Å². The highest BCUT2D eigenvalue weighted by Gasteiger charge is 2.40. The topological polar surface area (TPSA) is 128 Å². The van der Waals surface area contributed by atoms with Crippen LogP contribution in [0.5, 0.6) is 0 Å². The molecule has 0 radical (unpaired) electrons.